The normalized spacial score (nSPS) is 17.2. The Morgan fingerprint density at radius 1 is 1.07 bits per heavy atom. The lowest BCUT2D eigenvalue weighted by atomic mass is 9.73. The van der Waals surface area contributed by atoms with Gasteiger partial charge in [0.1, 0.15) is 18.2 Å². The fourth-order valence-corrected chi connectivity index (χ4v) is 6.31. The average Bonchev–Trinajstić information content (AvgIpc) is 2.93. The number of aryl methyl sites for hydroxylation is 2. The van der Waals surface area contributed by atoms with Crippen molar-refractivity contribution in [2.24, 2.45) is 5.73 Å². The zero-order valence-corrected chi connectivity index (χ0v) is 25.2. The van der Waals surface area contributed by atoms with E-state index in [1.54, 1.807) is 12.1 Å². The number of halogens is 5. The number of hydrogen-bond donors (Lipinski definition) is 1. The van der Waals surface area contributed by atoms with Crippen LogP contribution in [0.4, 0.5) is 18.9 Å². The number of carbonyl (C=O) groups excluding carboxylic acids is 1. The predicted octanol–water partition coefficient (Wildman–Crippen LogP) is 8.82. The van der Waals surface area contributed by atoms with Crippen LogP contribution in [0.1, 0.15) is 58.6 Å². The highest BCUT2D eigenvalue weighted by Gasteiger charge is 2.42. The number of ether oxygens (including phenoxy) is 1. The van der Waals surface area contributed by atoms with Crippen molar-refractivity contribution in [3.05, 3.63) is 115 Å². The van der Waals surface area contributed by atoms with Gasteiger partial charge in [0.15, 0.2) is 5.78 Å². The number of hydrogen-bond acceptors (Lipinski definition) is 5. The smallest absolute Gasteiger partial charge is 0.416 e. The molecule has 5 rings (SSSR count). The molecule has 0 bridgehead atoms. The van der Waals surface area contributed by atoms with Crippen molar-refractivity contribution < 1.29 is 22.7 Å². The molecule has 0 fully saturated rings. The molecule has 222 valence electrons. The number of nitriles is 1. The first-order chi connectivity index (χ1) is 20.3. The van der Waals surface area contributed by atoms with E-state index in [2.05, 4.69) is 6.07 Å². The molecule has 0 radical (unpaired) electrons. The summed E-state index contributed by atoms with van der Waals surface area (Å²) in [6.45, 7) is 5.93. The van der Waals surface area contributed by atoms with E-state index in [4.69, 9.17) is 33.7 Å². The molecule has 2 aliphatic rings. The van der Waals surface area contributed by atoms with Crippen LogP contribution >= 0.6 is 23.2 Å². The molecule has 2 N–H and O–H groups in total. The van der Waals surface area contributed by atoms with Crippen molar-refractivity contribution in [1.82, 2.24) is 0 Å². The van der Waals surface area contributed by atoms with Gasteiger partial charge in [-0.1, -0.05) is 40.9 Å². The molecule has 0 amide bonds. The quantitative estimate of drug-likeness (QED) is 0.306. The van der Waals surface area contributed by atoms with E-state index < -0.39 is 17.7 Å². The third-order valence-electron chi connectivity index (χ3n) is 7.96. The Kier molecular flexibility index (Phi) is 8.26. The van der Waals surface area contributed by atoms with Crippen LogP contribution in [0.3, 0.4) is 0 Å². The zero-order chi connectivity index (χ0) is 31.2. The summed E-state index contributed by atoms with van der Waals surface area (Å²) in [5.41, 5.74) is 10.7. The number of carbonyl (C=O) groups is 1. The Morgan fingerprint density at radius 2 is 1.81 bits per heavy atom. The number of allylic oxidation sites excluding steroid dienone is 3. The summed E-state index contributed by atoms with van der Waals surface area (Å²) in [6.07, 6.45) is -3.52. The number of nitrogens with two attached hydrogens (primary N) is 1. The van der Waals surface area contributed by atoms with Gasteiger partial charge in [-0.2, -0.15) is 18.4 Å². The van der Waals surface area contributed by atoms with Crippen LogP contribution in [0.15, 0.2) is 71.2 Å². The molecule has 1 aliphatic carbocycles. The van der Waals surface area contributed by atoms with E-state index >= 15 is 0 Å². The summed E-state index contributed by atoms with van der Waals surface area (Å²) in [7, 11) is 0. The monoisotopic (exact) mass is 625 g/mol. The van der Waals surface area contributed by atoms with Gasteiger partial charge in [-0.25, -0.2) is 0 Å². The van der Waals surface area contributed by atoms with Crippen LogP contribution in [-0.2, 0) is 17.6 Å². The highest BCUT2D eigenvalue weighted by molar-refractivity contribution is 6.33. The number of benzene rings is 3. The summed E-state index contributed by atoms with van der Waals surface area (Å²) in [5, 5.41) is 11.0. The third kappa shape index (κ3) is 5.72. The van der Waals surface area contributed by atoms with Crippen molar-refractivity contribution in [1.29, 1.82) is 5.26 Å². The van der Waals surface area contributed by atoms with Gasteiger partial charge >= 0.3 is 6.18 Å². The minimum atomic E-state index is -4.63. The van der Waals surface area contributed by atoms with Crippen LogP contribution in [-0.4, -0.2) is 5.78 Å². The lowest BCUT2D eigenvalue weighted by molar-refractivity contribution is -0.137. The number of alkyl halides is 3. The molecule has 0 saturated carbocycles. The molecule has 0 spiro atoms. The summed E-state index contributed by atoms with van der Waals surface area (Å²) in [6, 6.07) is 14.4. The fraction of sp³-hybridized carbons (Fsp3) is 0.273. The van der Waals surface area contributed by atoms with Gasteiger partial charge in [0, 0.05) is 22.7 Å². The Morgan fingerprint density at radius 3 is 2.49 bits per heavy atom. The van der Waals surface area contributed by atoms with Gasteiger partial charge in [0.05, 0.1) is 33.8 Å². The molecule has 0 aromatic heterocycles. The second-order valence-electron chi connectivity index (χ2n) is 10.8. The van der Waals surface area contributed by atoms with Gasteiger partial charge in [-0.05, 0) is 92.3 Å². The zero-order valence-electron chi connectivity index (χ0n) is 23.7. The first-order valence-electron chi connectivity index (χ1n) is 13.6. The molecule has 43 heavy (non-hydrogen) atoms. The number of anilines is 1. The van der Waals surface area contributed by atoms with Crippen molar-refractivity contribution >= 4 is 34.7 Å². The molecular formula is C33H28Cl2F3N3O2. The minimum absolute atomic E-state index is 0.0141. The Bertz CT molecular complexity index is 1760. The predicted molar refractivity (Wildman–Crippen MR) is 161 cm³/mol. The summed E-state index contributed by atoms with van der Waals surface area (Å²) >= 11 is 12.5. The maximum absolute atomic E-state index is 13.7. The molecule has 3 aromatic carbocycles. The summed E-state index contributed by atoms with van der Waals surface area (Å²) in [4.78, 5) is 15.0. The Hall–Kier alpha value is -3.93. The summed E-state index contributed by atoms with van der Waals surface area (Å²) < 4.78 is 47.2. The number of nitrogens with zero attached hydrogens (tertiary/aromatic N) is 2. The first kappa shape index (κ1) is 30.5. The second-order valence-corrected chi connectivity index (χ2v) is 11.7. The minimum Gasteiger partial charge on any atom is -0.489 e. The molecule has 10 heteroatoms. The highest BCUT2D eigenvalue weighted by Crippen LogP contribution is 2.49. The molecule has 1 unspecified atom stereocenters. The Labute approximate surface area is 257 Å². The number of ketones is 1. The van der Waals surface area contributed by atoms with Gasteiger partial charge in [-0.3, -0.25) is 9.69 Å². The van der Waals surface area contributed by atoms with Crippen LogP contribution in [0.2, 0.25) is 10.0 Å². The number of rotatable bonds is 5. The van der Waals surface area contributed by atoms with Gasteiger partial charge < -0.3 is 10.5 Å². The molecule has 3 aromatic rings. The van der Waals surface area contributed by atoms with Crippen LogP contribution < -0.4 is 15.4 Å². The molecule has 5 nitrogen and oxygen atoms in total. The number of Topliss-reactive ketones (excluding diaryl/α,β-unsaturated/α-hetero) is 1. The van der Waals surface area contributed by atoms with Crippen LogP contribution in [0, 0.1) is 32.1 Å². The largest absolute Gasteiger partial charge is 0.489 e. The average molecular weight is 627 g/mol. The van der Waals surface area contributed by atoms with Gasteiger partial charge in [0.2, 0.25) is 0 Å². The molecule has 1 aliphatic heterocycles. The third-order valence-corrected chi connectivity index (χ3v) is 8.51. The van der Waals surface area contributed by atoms with Crippen molar-refractivity contribution in [2.75, 3.05) is 4.90 Å². The lowest BCUT2D eigenvalue weighted by Gasteiger charge is -2.40. The fourth-order valence-electron chi connectivity index (χ4n) is 5.88. The van der Waals surface area contributed by atoms with E-state index in [-0.39, 0.29) is 40.9 Å². The van der Waals surface area contributed by atoms with Crippen LogP contribution in [0.25, 0.3) is 0 Å². The first-order valence-corrected chi connectivity index (χ1v) is 14.4. The molecule has 0 saturated heterocycles. The molecule has 1 heterocycles. The molecular weight excluding hydrogens is 598 g/mol. The maximum Gasteiger partial charge on any atom is 0.416 e. The van der Waals surface area contributed by atoms with Gasteiger partial charge in [-0.15, -0.1) is 0 Å². The van der Waals surface area contributed by atoms with Crippen molar-refractivity contribution in [3.8, 4) is 11.8 Å². The molecule has 1 atom stereocenters. The van der Waals surface area contributed by atoms with E-state index in [1.165, 1.54) is 4.90 Å². The van der Waals surface area contributed by atoms with Crippen molar-refractivity contribution in [2.45, 2.75) is 58.7 Å². The van der Waals surface area contributed by atoms with E-state index in [9.17, 15) is 23.2 Å². The van der Waals surface area contributed by atoms with E-state index in [1.807, 2.05) is 39.0 Å². The standard InChI is InChI=1S/C33H28Cl2F3N3O2/c1-17-11-20(16-43-29-10-8-22(34)13-18(29)2)19(3)23(12-17)30-24(15-39)32(40)41(26-5-4-6-28(42)31(26)30)27-14-21(33(36,37)38)7-9-25(27)35/h7-14,30H,4-6,16,40H2,1-3H3. The second kappa shape index (κ2) is 11.6. The highest BCUT2D eigenvalue weighted by atomic mass is 35.5. The Balaban J connectivity index is 1.66. The SMILES string of the molecule is Cc1cc(COc2ccc(Cl)cc2C)c(C)c(C2C(C#N)=C(N)N(c3cc(C(F)(F)F)ccc3Cl)C3=C2C(=O)CCC3)c1. The topological polar surface area (TPSA) is 79.3 Å². The van der Waals surface area contributed by atoms with E-state index in [0.29, 0.717) is 40.4 Å². The van der Waals surface area contributed by atoms with Gasteiger partial charge in [0.25, 0.3) is 0 Å². The lowest BCUT2D eigenvalue weighted by Crippen LogP contribution is -2.39. The van der Waals surface area contributed by atoms with E-state index in [0.717, 1.165) is 40.5 Å². The summed E-state index contributed by atoms with van der Waals surface area (Å²) in [5.74, 6) is -0.371. The van der Waals surface area contributed by atoms with Crippen LogP contribution in [0.5, 0.6) is 5.75 Å². The van der Waals surface area contributed by atoms with Crippen molar-refractivity contribution in [3.63, 3.8) is 0 Å². The maximum atomic E-state index is 13.7.